The molecule has 1 aromatic rings. The van der Waals surface area contributed by atoms with E-state index in [1.165, 1.54) is 0 Å². The Morgan fingerprint density at radius 1 is 1.50 bits per heavy atom. The zero-order valence-electron chi connectivity index (χ0n) is 11.4. The van der Waals surface area contributed by atoms with Gasteiger partial charge in [-0.3, -0.25) is 0 Å². The van der Waals surface area contributed by atoms with Crippen LogP contribution in [0.2, 0.25) is 0 Å². The van der Waals surface area contributed by atoms with Crippen molar-refractivity contribution in [3.63, 3.8) is 0 Å². The summed E-state index contributed by atoms with van der Waals surface area (Å²) >= 11 is 1.12. The molecular weight excluding hydrogens is 298 g/mol. The lowest BCUT2D eigenvalue weighted by Gasteiger charge is -2.37. The van der Waals surface area contributed by atoms with Gasteiger partial charge < -0.3 is 15.7 Å². The number of anilines is 2. The number of nitrogens with zero attached hydrogens (tertiary/aromatic N) is 2. The molecule has 0 radical (unpaired) electrons. The zero-order valence-corrected chi connectivity index (χ0v) is 13.0. The molecule has 2 heterocycles. The van der Waals surface area contributed by atoms with Crippen molar-refractivity contribution in [1.29, 1.82) is 0 Å². The van der Waals surface area contributed by atoms with Gasteiger partial charge >= 0.3 is 0 Å². The smallest absolute Gasteiger partial charge is 0.187 e. The van der Waals surface area contributed by atoms with Crippen molar-refractivity contribution in [2.24, 2.45) is 0 Å². The minimum atomic E-state index is -3.37. The van der Waals surface area contributed by atoms with Gasteiger partial charge in [0.05, 0.1) is 10.9 Å². The molecule has 1 aliphatic heterocycles. The fraction of sp³-hybridized carbons (Fsp3) is 0.750. The van der Waals surface area contributed by atoms with E-state index in [2.05, 4.69) is 4.37 Å². The predicted molar refractivity (Wildman–Crippen MR) is 78.8 cm³/mol. The third kappa shape index (κ3) is 2.40. The third-order valence-electron chi connectivity index (χ3n) is 3.87. The second kappa shape index (κ2) is 4.57. The third-order valence-corrected chi connectivity index (χ3v) is 7.24. The zero-order chi connectivity index (χ0) is 14.5. The van der Waals surface area contributed by atoms with Gasteiger partial charge in [-0.2, -0.15) is 4.37 Å². The average Bonchev–Trinajstić information content (AvgIpc) is 3.12. The highest BCUT2D eigenvalue weighted by Crippen LogP contribution is 2.43. The Bertz CT molecular complexity index is 620. The van der Waals surface area contributed by atoms with Crippen molar-refractivity contribution in [2.75, 3.05) is 23.7 Å². The van der Waals surface area contributed by atoms with Crippen LogP contribution in [0.5, 0.6) is 0 Å². The molecule has 3 rings (SSSR count). The summed E-state index contributed by atoms with van der Waals surface area (Å²) in [4.78, 5) is 2.09. The number of aliphatic hydroxyl groups is 1. The number of β-amino-alcohol motifs (C(OH)–C–C–N with tert-alkyl or cyclic N) is 1. The molecule has 1 saturated heterocycles. The van der Waals surface area contributed by atoms with E-state index in [9.17, 15) is 13.5 Å². The van der Waals surface area contributed by atoms with Gasteiger partial charge in [-0.15, -0.1) is 0 Å². The molecule has 1 aromatic heterocycles. The SMILES string of the molecule is CC1(O)CCCN(c2snc(N)c2S(=O)(=O)C2CC2)C1. The monoisotopic (exact) mass is 317 g/mol. The van der Waals surface area contributed by atoms with Crippen molar-refractivity contribution >= 4 is 32.2 Å². The molecule has 8 heteroatoms. The second-order valence-corrected chi connectivity index (χ2v) is 8.89. The molecule has 1 aliphatic carbocycles. The Kier molecular flexibility index (Phi) is 3.22. The quantitative estimate of drug-likeness (QED) is 0.864. The molecule has 3 N–H and O–H groups in total. The van der Waals surface area contributed by atoms with Crippen molar-refractivity contribution in [2.45, 2.75) is 48.4 Å². The largest absolute Gasteiger partial charge is 0.388 e. The van der Waals surface area contributed by atoms with Crippen LogP contribution in [-0.2, 0) is 9.84 Å². The number of hydrogen-bond donors (Lipinski definition) is 2. The summed E-state index contributed by atoms with van der Waals surface area (Å²) < 4.78 is 29.0. The van der Waals surface area contributed by atoms with Crippen LogP contribution in [0.15, 0.2) is 4.90 Å². The van der Waals surface area contributed by atoms with Gasteiger partial charge in [0.15, 0.2) is 15.7 Å². The number of sulfone groups is 1. The summed E-state index contributed by atoms with van der Waals surface area (Å²) in [6, 6.07) is 0. The topological polar surface area (TPSA) is 96.5 Å². The van der Waals surface area contributed by atoms with E-state index in [4.69, 9.17) is 5.73 Å². The molecule has 0 spiro atoms. The van der Waals surface area contributed by atoms with Gasteiger partial charge in [-0.05, 0) is 44.1 Å². The summed E-state index contributed by atoms with van der Waals surface area (Å²) in [6.07, 6.45) is 2.96. The number of aromatic nitrogens is 1. The van der Waals surface area contributed by atoms with Crippen LogP contribution in [0.1, 0.15) is 32.6 Å². The Morgan fingerprint density at radius 3 is 2.80 bits per heavy atom. The maximum atomic E-state index is 12.5. The lowest BCUT2D eigenvalue weighted by atomic mass is 9.95. The first-order valence-electron chi connectivity index (χ1n) is 6.78. The molecule has 2 aliphatic rings. The highest BCUT2D eigenvalue weighted by atomic mass is 32.2. The molecule has 0 aromatic carbocycles. The fourth-order valence-corrected chi connectivity index (χ4v) is 5.74. The molecule has 1 saturated carbocycles. The van der Waals surface area contributed by atoms with Crippen molar-refractivity contribution in [3.05, 3.63) is 0 Å². The van der Waals surface area contributed by atoms with Crippen LogP contribution in [0.25, 0.3) is 0 Å². The minimum absolute atomic E-state index is 0.0992. The first-order chi connectivity index (χ1) is 9.31. The maximum absolute atomic E-state index is 12.5. The highest BCUT2D eigenvalue weighted by Gasteiger charge is 2.42. The number of hydrogen-bond acceptors (Lipinski definition) is 7. The molecule has 6 nitrogen and oxygen atoms in total. The molecule has 112 valence electrons. The van der Waals surface area contributed by atoms with Crippen LogP contribution >= 0.6 is 11.5 Å². The van der Waals surface area contributed by atoms with Crippen LogP contribution < -0.4 is 10.6 Å². The summed E-state index contributed by atoms with van der Waals surface area (Å²) in [7, 11) is -3.37. The van der Waals surface area contributed by atoms with Crippen LogP contribution in [0, 0.1) is 0 Å². The van der Waals surface area contributed by atoms with Gasteiger partial charge in [-0.1, -0.05) is 0 Å². The summed E-state index contributed by atoms with van der Waals surface area (Å²) in [5, 5.41) is 10.5. The summed E-state index contributed by atoms with van der Waals surface area (Å²) in [6.45, 7) is 2.92. The van der Waals surface area contributed by atoms with Crippen molar-refractivity contribution < 1.29 is 13.5 Å². The molecule has 0 amide bonds. The van der Waals surface area contributed by atoms with Gasteiger partial charge in [0, 0.05) is 13.1 Å². The van der Waals surface area contributed by atoms with E-state index < -0.39 is 15.4 Å². The molecule has 1 unspecified atom stereocenters. The standard InChI is InChI=1S/C12H19N3O3S2/c1-12(16)5-2-6-15(7-12)11-9(10(13)14-19-11)20(17,18)8-3-4-8/h8,16H,2-7H2,1H3,(H2,13,14). The highest BCUT2D eigenvalue weighted by molar-refractivity contribution is 7.92. The first-order valence-corrected chi connectivity index (χ1v) is 9.10. The van der Waals surface area contributed by atoms with Crippen LogP contribution in [0.4, 0.5) is 10.8 Å². The number of rotatable bonds is 3. The maximum Gasteiger partial charge on any atom is 0.187 e. The Hall–Kier alpha value is -0.860. The lowest BCUT2D eigenvalue weighted by molar-refractivity contribution is 0.0450. The van der Waals surface area contributed by atoms with E-state index in [1.807, 2.05) is 4.90 Å². The van der Waals surface area contributed by atoms with E-state index in [0.717, 1.165) is 30.9 Å². The van der Waals surface area contributed by atoms with Crippen molar-refractivity contribution in [1.82, 2.24) is 4.37 Å². The van der Waals surface area contributed by atoms with Crippen LogP contribution in [-0.4, -0.2) is 41.8 Å². The summed E-state index contributed by atoms with van der Waals surface area (Å²) in [5.41, 5.74) is 5.00. The molecular formula is C12H19N3O3S2. The van der Waals surface area contributed by atoms with Crippen molar-refractivity contribution in [3.8, 4) is 0 Å². The first kappa shape index (κ1) is 14.1. The summed E-state index contributed by atoms with van der Waals surface area (Å²) in [5.74, 6) is 0.0992. The predicted octanol–water partition coefficient (Wildman–Crippen LogP) is 1.01. The number of nitrogen functional groups attached to an aromatic ring is 1. The average molecular weight is 317 g/mol. The Balaban J connectivity index is 1.99. The molecule has 1 atom stereocenters. The Morgan fingerprint density at radius 2 is 2.20 bits per heavy atom. The van der Waals surface area contributed by atoms with Gasteiger partial charge in [0.2, 0.25) is 0 Å². The second-order valence-electron chi connectivity index (χ2n) is 5.97. The fourth-order valence-electron chi connectivity index (χ4n) is 2.69. The minimum Gasteiger partial charge on any atom is -0.388 e. The number of nitrogens with two attached hydrogens (primary N) is 1. The van der Waals surface area contributed by atoms with E-state index in [-0.39, 0.29) is 16.0 Å². The van der Waals surface area contributed by atoms with E-state index in [1.54, 1.807) is 6.92 Å². The molecule has 2 fully saturated rings. The van der Waals surface area contributed by atoms with Gasteiger partial charge in [0.25, 0.3) is 0 Å². The lowest BCUT2D eigenvalue weighted by Crippen LogP contribution is -2.46. The number of piperidine rings is 1. The van der Waals surface area contributed by atoms with Crippen LogP contribution in [0.3, 0.4) is 0 Å². The Labute approximate surface area is 122 Å². The van der Waals surface area contributed by atoms with E-state index in [0.29, 0.717) is 24.4 Å². The van der Waals surface area contributed by atoms with Gasteiger partial charge in [0.1, 0.15) is 9.90 Å². The molecule has 0 bridgehead atoms. The molecule has 20 heavy (non-hydrogen) atoms. The normalized spacial score (nSPS) is 27.8. The van der Waals surface area contributed by atoms with E-state index >= 15 is 0 Å². The van der Waals surface area contributed by atoms with Gasteiger partial charge in [-0.25, -0.2) is 8.42 Å².